The number of alkyl halides is 2. The summed E-state index contributed by atoms with van der Waals surface area (Å²) in [6.07, 6.45) is -1.88. The maximum atomic E-state index is 11.8. The van der Waals surface area contributed by atoms with Gasteiger partial charge in [0.15, 0.2) is 0 Å². The van der Waals surface area contributed by atoms with Crippen LogP contribution in [0, 0.1) is 0 Å². The second kappa shape index (κ2) is 6.82. The molecule has 1 atom stereocenters. The third kappa shape index (κ3) is 4.46. The molecule has 0 radical (unpaired) electrons. The van der Waals surface area contributed by atoms with Gasteiger partial charge in [-0.05, 0) is 14.0 Å². The van der Waals surface area contributed by atoms with Crippen molar-refractivity contribution in [1.82, 2.24) is 15.5 Å². The molecule has 0 bridgehead atoms. The molecule has 0 aliphatic heterocycles. The third-order valence-electron chi connectivity index (χ3n) is 1.99. The highest BCUT2D eigenvalue weighted by Crippen LogP contribution is 2.17. The molecule has 1 rings (SSSR count). The summed E-state index contributed by atoms with van der Waals surface area (Å²) in [4.78, 5) is 0. The van der Waals surface area contributed by atoms with Crippen LogP contribution >= 0.6 is 11.3 Å². The summed E-state index contributed by atoms with van der Waals surface area (Å²) < 4.78 is 28.3. The number of hydrogen-bond acceptors (Lipinski definition) is 5. The van der Waals surface area contributed by atoms with E-state index >= 15 is 0 Å². The molecule has 7 heteroatoms. The Hall–Kier alpha value is -0.660. The summed E-state index contributed by atoms with van der Waals surface area (Å²) in [5.41, 5.74) is 0. The van der Waals surface area contributed by atoms with Crippen molar-refractivity contribution in [3.05, 3.63) is 10.0 Å². The van der Waals surface area contributed by atoms with E-state index in [4.69, 9.17) is 4.74 Å². The van der Waals surface area contributed by atoms with Crippen LogP contribution < -0.4 is 5.32 Å². The molecule has 1 N–H and O–H groups in total. The van der Waals surface area contributed by atoms with E-state index in [1.54, 1.807) is 0 Å². The minimum Gasteiger partial charge on any atom is -0.375 e. The number of aromatic nitrogens is 2. The number of nitrogens with one attached hydrogen (secondary N) is 1. The Kier molecular flexibility index (Phi) is 5.72. The van der Waals surface area contributed by atoms with Crippen LogP contribution in [0.4, 0.5) is 8.78 Å². The third-order valence-corrected chi connectivity index (χ3v) is 3.16. The molecule has 1 unspecified atom stereocenters. The molecule has 1 aromatic rings. The summed E-state index contributed by atoms with van der Waals surface area (Å²) in [7, 11) is 1.84. The van der Waals surface area contributed by atoms with Crippen LogP contribution in [0.3, 0.4) is 0 Å². The Balaban J connectivity index is 2.29. The predicted octanol–water partition coefficient (Wildman–Crippen LogP) is 1.64. The van der Waals surface area contributed by atoms with Gasteiger partial charge in [-0.1, -0.05) is 11.3 Å². The Morgan fingerprint density at radius 2 is 2.19 bits per heavy atom. The lowest BCUT2D eigenvalue weighted by molar-refractivity contribution is 0.0186. The smallest absolute Gasteiger partial charge is 0.261 e. The number of rotatable bonds is 7. The average Bonchev–Trinajstić information content (AvgIpc) is 2.71. The standard InChI is InChI=1S/C9H15F2N3OS/c1-6(12-2)9-14-13-8(16-9)3-4-15-5-7(10)11/h6-7,12H,3-5H2,1-2H3. The molecule has 0 saturated heterocycles. The van der Waals surface area contributed by atoms with Crippen LogP contribution in [0.5, 0.6) is 0 Å². The normalized spacial score (nSPS) is 13.3. The van der Waals surface area contributed by atoms with Gasteiger partial charge < -0.3 is 10.1 Å². The molecular formula is C9H15F2N3OS. The van der Waals surface area contributed by atoms with E-state index in [1.807, 2.05) is 14.0 Å². The molecule has 0 aliphatic carbocycles. The molecule has 0 saturated carbocycles. The summed E-state index contributed by atoms with van der Waals surface area (Å²) in [6.45, 7) is 1.73. The Labute approximate surface area is 97.0 Å². The molecule has 1 heterocycles. The topological polar surface area (TPSA) is 47.0 Å². The van der Waals surface area contributed by atoms with Crippen LogP contribution in [0.25, 0.3) is 0 Å². The zero-order valence-electron chi connectivity index (χ0n) is 9.24. The highest BCUT2D eigenvalue weighted by atomic mass is 32.1. The van der Waals surface area contributed by atoms with Gasteiger partial charge >= 0.3 is 0 Å². The molecule has 16 heavy (non-hydrogen) atoms. The highest BCUT2D eigenvalue weighted by Gasteiger charge is 2.10. The highest BCUT2D eigenvalue weighted by molar-refractivity contribution is 7.11. The van der Waals surface area contributed by atoms with Crippen molar-refractivity contribution in [3.63, 3.8) is 0 Å². The van der Waals surface area contributed by atoms with E-state index in [1.165, 1.54) is 11.3 Å². The fourth-order valence-corrected chi connectivity index (χ4v) is 1.88. The van der Waals surface area contributed by atoms with Crippen LogP contribution in [0.2, 0.25) is 0 Å². The Morgan fingerprint density at radius 1 is 1.44 bits per heavy atom. The van der Waals surface area contributed by atoms with E-state index in [0.29, 0.717) is 6.42 Å². The molecule has 0 aliphatic rings. The SMILES string of the molecule is CNC(C)c1nnc(CCOCC(F)F)s1. The zero-order valence-corrected chi connectivity index (χ0v) is 10.1. The van der Waals surface area contributed by atoms with E-state index in [-0.39, 0.29) is 12.6 Å². The monoisotopic (exact) mass is 251 g/mol. The van der Waals surface area contributed by atoms with E-state index in [0.717, 1.165) is 10.0 Å². The van der Waals surface area contributed by atoms with Gasteiger partial charge in [-0.25, -0.2) is 8.78 Å². The van der Waals surface area contributed by atoms with Crippen LogP contribution in [0.1, 0.15) is 23.0 Å². The van der Waals surface area contributed by atoms with Crippen molar-refractivity contribution in [2.45, 2.75) is 25.8 Å². The lowest BCUT2D eigenvalue weighted by atomic mass is 10.4. The number of nitrogens with zero attached hydrogens (tertiary/aromatic N) is 2. The Bertz CT molecular complexity index is 309. The van der Waals surface area contributed by atoms with Gasteiger partial charge in [0.25, 0.3) is 6.43 Å². The molecule has 0 fully saturated rings. The van der Waals surface area contributed by atoms with Crippen molar-refractivity contribution in [2.24, 2.45) is 0 Å². The minimum atomic E-state index is -2.41. The van der Waals surface area contributed by atoms with Crippen molar-refractivity contribution in [3.8, 4) is 0 Å². The summed E-state index contributed by atoms with van der Waals surface area (Å²) in [6, 6.07) is 0.160. The van der Waals surface area contributed by atoms with Gasteiger partial charge in [0.1, 0.15) is 16.6 Å². The molecule has 1 aromatic heterocycles. The van der Waals surface area contributed by atoms with Gasteiger partial charge in [0, 0.05) is 6.42 Å². The maximum Gasteiger partial charge on any atom is 0.261 e. The first-order valence-corrected chi connectivity index (χ1v) is 5.80. The van der Waals surface area contributed by atoms with Crippen molar-refractivity contribution in [1.29, 1.82) is 0 Å². The van der Waals surface area contributed by atoms with Crippen LogP contribution in [-0.2, 0) is 11.2 Å². The predicted molar refractivity (Wildman–Crippen MR) is 57.9 cm³/mol. The summed E-state index contributed by atoms with van der Waals surface area (Å²) in [5, 5.41) is 12.7. The zero-order chi connectivity index (χ0) is 12.0. The van der Waals surface area contributed by atoms with Crippen LogP contribution in [-0.4, -0.2) is 36.9 Å². The lowest BCUT2D eigenvalue weighted by Gasteiger charge is -2.03. The largest absolute Gasteiger partial charge is 0.375 e. The first-order chi connectivity index (χ1) is 7.63. The van der Waals surface area contributed by atoms with Gasteiger partial charge in [-0.2, -0.15) is 0 Å². The number of halogens is 2. The first-order valence-electron chi connectivity index (χ1n) is 4.99. The average molecular weight is 251 g/mol. The second-order valence-corrected chi connectivity index (χ2v) is 4.35. The fraction of sp³-hybridized carbons (Fsp3) is 0.778. The number of ether oxygens (including phenoxy) is 1. The molecule has 4 nitrogen and oxygen atoms in total. The maximum absolute atomic E-state index is 11.8. The summed E-state index contributed by atoms with van der Waals surface area (Å²) in [5.74, 6) is 0. The van der Waals surface area contributed by atoms with Gasteiger partial charge in [0.05, 0.1) is 12.6 Å². The van der Waals surface area contributed by atoms with Crippen molar-refractivity contribution < 1.29 is 13.5 Å². The number of hydrogen-bond donors (Lipinski definition) is 1. The van der Waals surface area contributed by atoms with E-state index in [2.05, 4.69) is 15.5 Å². The van der Waals surface area contributed by atoms with E-state index in [9.17, 15) is 8.78 Å². The fourth-order valence-electron chi connectivity index (χ4n) is 0.998. The van der Waals surface area contributed by atoms with Crippen molar-refractivity contribution in [2.75, 3.05) is 20.3 Å². The minimum absolute atomic E-state index is 0.160. The quantitative estimate of drug-likeness (QED) is 0.748. The van der Waals surface area contributed by atoms with Gasteiger partial charge in [-0.3, -0.25) is 0 Å². The van der Waals surface area contributed by atoms with Crippen molar-refractivity contribution >= 4 is 11.3 Å². The molecule has 92 valence electrons. The van der Waals surface area contributed by atoms with Gasteiger partial charge in [0.2, 0.25) is 0 Å². The lowest BCUT2D eigenvalue weighted by Crippen LogP contribution is -2.11. The molecule has 0 spiro atoms. The Morgan fingerprint density at radius 3 is 2.81 bits per heavy atom. The van der Waals surface area contributed by atoms with Crippen LogP contribution in [0.15, 0.2) is 0 Å². The van der Waals surface area contributed by atoms with Gasteiger partial charge in [-0.15, -0.1) is 10.2 Å². The molecular weight excluding hydrogens is 236 g/mol. The van der Waals surface area contributed by atoms with E-state index < -0.39 is 13.0 Å². The molecule has 0 aromatic carbocycles. The summed E-state index contributed by atoms with van der Waals surface area (Å²) >= 11 is 1.47. The second-order valence-electron chi connectivity index (χ2n) is 3.26. The first kappa shape index (κ1) is 13.4. The molecule has 0 amide bonds.